The molecule has 0 unspecified atom stereocenters. The van der Waals surface area contributed by atoms with E-state index in [9.17, 15) is 13.2 Å². The fraction of sp³-hybridized carbons (Fsp3) is 0.692. The van der Waals surface area contributed by atoms with Gasteiger partial charge in [-0.2, -0.15) is 13.2 Å². The van der Waals surface area contributed by atoms with E-state index >= 15 is 0 Å². The summed E-state index contributed by atoms with van der Waals surface area (Å²) in [6, 6.07) is 0. The zero-order chi connectivity index (χ0) is 15.5. The Kier molecular flexibility index (Phi) is 5.19. The molecular weight excluding hydrogens is 269 g/mol. The van der Waals surface area contributed by atoms with Gasteiger partial charge in [0, 0.05) is 25.1 Å². The van der Waals surface area contributed by atoms with Crippen molar-refractivity contribution in [2.45, 2.75) is 39.8 Å². The molecule has 1 N–H and O–H groups in total. The quantitative estimate of drug-likeness (QED) is 0.903. The van der Waals surface area contributed by atoms with E-state index in [4.69, 9.17) is 0 Å². The summed E-state index contributed by atoms with van der Waals surface area (Å²) in [6.07, 6.45) is -4.26. The molecule has 1 heterocycles. The standard InChI is InChI=1S/C13H21F3N4/c1-6-20(7-13(14,15)16)12-9(4)11(17-5)18-10(19-12)8(2)3/h8H,6-7H2,1-5H3,(H,17,18,19). The van der Waals surface area contributed by atoms with Gasteiger partial charge in [0.05, 0.1) is 0 Å². The van der Waals surface area contributed by atoms with Crippen molar-refractivity contribution in [2.75, 3.05) is 30.4 Å². The Morgan fingerprint density at radius 2 is 1.85 bits per heavy atom. The largest absolute Gasteiger partial charge is 0.405 e. The lowest BCUT2D eigenvalue weighted by Gasteiger charge is -2.26. The first-order valence-corrected chi connectivity index (χ1v) is 6.57. The summed E-state index contributed by atoms with van der Waals surface area (Å²) in [6.45, 7) is 6.45. The number of hydrogen-bond acceptors (Lipinski definition) is 4. The van der Waals surface area contributed by atoms with Gasteiger partial charge >= 0.3 is 6.18 Å². The van der Waals surface area contributed by atoms with E-state index in [-0.39, 0.29) is 12.5 Å². The van der Waals surface area contributed by atoms with Gasteiger partial charge in [0.1, 0.15) is 24.0 Å². The molecule has 0 spiro atoms. The second kappa shape index (κ2) is 6.28. The highest BCUT2D eigenvalue weighted by Crippen LogP contribution is 2.28. The maximum Gasteiger partial charge on any atom is 0.405 e. The lowest BCUT2D eigenvalue weighted by Crippen LogP contribution is -2.35. The van der Waals surface area contributed by atoms with Gasteiger partial charge in [0.15, 0.2) is 0 Å². The number of rotatable bonds is 5. The van der Waals surface area contributed by atoms with Crippen molar-refractivity contribution in [3.05, 3.63) is 11.4 Å². The van der Waals surface area contributed by atoms with E-state index in [1.807, 2.05) is 13.8 Å². The van der Waals surface area contributed by atoms with Crippen LogP contribution in [0.3, 0.4) is 0 Å². The third kappa shape index (κ3) is 3.98. The highest BCUT2D eigenvalue weighted by Gasteiger charge is 2.32. The van der Waals surface area contributed by atoms with Gasteiger partial charge in [-0.3, -0.25) is 0 Å². The van der Waals surface area contributed by atoms with Gasteiger partial charge in [-0.05, 0) is 13.8 Å². The molecule has 7 heteroatoms. The molecule has 0 saturated heterocycles. The van der Waals surface area contributed by atoms with Crippen molar-refractivity contribution in [3.8, 4) is 0 Å². The van der Waals surface area contributed by atoms with Gasteiger partial charge in [0.25, 0.3) is 0 Å². The minimum atomic E-state index is -4.26. The Morgan fingerprint density at radius 1 is 1.25 bits per heavy atom. The number of nitrogens with zero attached hydrogens (tertiary/aromatic N) is 3. The van der Waals surface area contributed by atoms with Crippen molar-refractivity contribution in [2.24, 2.45) is 0 Å². The zero-order valence-corrected chi connectivity index (χ0v) is 12.5. The molecule has 0 aliphatic rings. The minimum Gasteiger partial charge on any atom is -0.373 e. The summed E-state index contributed by atoms with van der Waals surface area (Å²) in [5, 5.41) is 2.91. The van der Waals surface area contributed by atoms with Crippen LogP contribution in [0.4, 0.5) is 24.8 Å². The Bertz CT molecular complexity index is 458. The molecule has 1 aromatic rings. The van der Waals surface area contributed by atoms with Gasteiger partial charge in [-0.1, -0.05) is 13.8 Å². The van der Waals surface area contributed by atoms with Crippen LogP contribution in [0.25, 0.3) is 0 Å². The summed E-state index contributed by atoms with van der Waals surface area (Å²) in [4.78, 5) is 9.87. The van der Waals surface area contributed by atoms with Gasteiger partial charge in [-0.15, -0.1) is 0 Å². The summed E-state index contributed by atoms with van der Waals surface area (Å²) in [5.41, 5.74) is 0.628. The Balaban J connectivity index is 3.29. The number of hydrogen-bond donors (Lipinski definition) is 1. The number of anilines is 2. The lowest BCUT2D eigenvalue weighted by molar-refractivity contribution is -0.119. The maximum atomic E-state index is 12.7. The minimum absolute atomic E-state index is 0.0473. The molecule has 0 aliphatic carbocycles. The predicted molar refractivity (Wildman–Crippen MR) is 74.3 cm³/mol. The molecule has 114 valence electrons. The Labute approximate surface area is 117 Å². The fourth-order valence-electron chi connectivity index (χ4n) is 1.88. The van der Waals surface area contributed by atoms with Crippen LogP contribution in [0, 0.1) is 6.92 Å². The van der Waals surface area contributed by atoms with Crippen molar-refractivity contribution < 1.29 is 13.2 Å². The highest BCUT2D eigenvalue weighted by atomic mass is 19.4. The molecule has 0 aromatic carbocycles. The smallest absolute Gasteiger partial charge is 0.373 e. The van der Waals surface area contributed by atoms with E-state index in [2.05, 4.69) is 15.3 Å². The topological polar surface area (TPSA) is 41.1 Å². The molecule has 0 radical (unpaired) electrons. The van der Waals surface area contributed by atoms with Crippen molar-refractivity contribution in [3.63, 3.8) is 0 Å². The van der Waals surface area contributed by atoms with E-state index in [0.29, 0.717) is 23.0 Å². The summed E-state index contributed by atoms with van der Waals surface area (Å²) >= 11 is 0. The molecule has 1 aromatic heterocycles. The van der Waals surface area contributed by atoms with Crippen molar-refractivity contribution in [1.82, 2.24) is 9.97 Å². The molecular formula is C13H21F3N4. The SMILES string of the molecule is CCN(CC(F)(F)F)c1nc(C(C)C)nc(NC)c1C. The monoisotopic (exact) mass is 290 g/mol. The molecule has 0 saturated carbocycles. The number of aromatic nitrogens is 2. The van der Waals surface area contributed by atoms with E-state index in [1.165, 1.54) is 4.90 Å². The van der Waals surface area contributed by atoms with E-state index in [0.717, 1.165) is 0 Å². The van der Waals surface area contributed by atoms with Crippen LogP contribution in [0.15, 0.2) is 0 Å². The van der Waals surface area contributed by atoms with Crippen LogP contribution >= 0.6 is 0 Å². The van der Waals surface area contributed by atoms with Crippen LogP contribution in [0.1, 0.15) is 38.1 Å². The van der Waals surface area contributed by atoms with E-state index in [1.54, 1.807) is 20.9 Å². The number of alkyl halides is 3. The molecule has 1 rings (SSSR count). The number of halogens is 3. The molecule has 0 bridgehead atoms. The van der Waals surface area contributed by atoms with Crippen molar-refractivity contribution in [1.29, 1.82) is 0 Å². The fourth-order valence-corrected chi connectivity index (χ4v) is 1.88. The molecule has 0 amide bonds. The van der Waals surface area contributed by atoms with Crippen LogP contribution in [-0.4, -0.2) is 36.3 Å². The Morgan fingerprint density at radius 3 is 2.25 bits per heavy atom. The average molecular weight is 290 g/mol. The first kappa shape index (κ1) is 16.5. The van der Waals surface area contributed by atoms with Crippen molar-refractivity contribution >= 4 is 11.6 Å². The lowest BCUT2D eigenvalue weighted by atomic mass is 10.2. The van der Waals surface area contributed by atoms with E-state index < -0.39 is 12.7 Å². The average Bonchev–Trinajstić information content (AvgIpc) is 2.35. The molecule has 4 nitrogen and oxygen atoms in total. The zero-order valence-electron chi connectivity index (χ0n) is 12.5. The molecule has 20 heavy (non-hydrogen) atoms. The molecule has 0 atom stereocenters. The summed E-state index contributed by atoms with van der Waals surface area (Å²) in [5.74, 6) is 1.49. The highest BCUT2D eigenvalue weighted by molar-refractivity contribution is 5.58. The second-order valence-corrected chi connectivity index (χ2v) is 4.91. The summed E-state index contributed by atoms with van der Waals surface area (Å²) in [7, 11) is 1.70. The summed E-state index contributed by atoms with van der Waals surface area (Å²) < 4.78 is 38.0. The third-order valence-corrected chi connectivity index (χ3v) is 2.94. The molecule has 0 aliphatic heterocycles. The van der Waals surface area contributed by atoms with Crippen LogP contribution in [-0.2, 0) is 0 Å². The first-order chi connectivity index (χ1) is 9.19. The van der Waals surface area contributed by atoms with Crippen LogP contribution in [0.5, 0.6) is 0 Å². The van der Waals surface area contributed by atoms with Gasteiger partial charge in [-0.25, -0.2) is 9.97 Å². The second-order valence-electron chi connectivity index (χ2n) is 4.91. The number of nitrogens with one attached hydrogen (secondary N) is 1. The maximum absolute atomic E-state index is 12.7. The predicted octanol–water partition coefficient (Wildman–Crippen LogP) is 3.34. The normalized spacial score (nSPS) is 11.8. The first-order valence-electron chi connectivity index (χ1n) is 6.57. The van der Waals surface area contributed by atoms with Crippen LogP contribution in [0.2, 0.25) is 0 Å². The van der Waals surface area contributed by atoms with Crippen LogP contribution < -0.4 is 10.2 Å². The third-order valence-electron chi connectivity index (χ3n) is 2.94. The van der Waals surface area contributed by atoms with Gasteiger partial charge < -0.3 is 10.2 Å². The molecule has 0 fully saturated rings. The van der Waals surface area contributed by atoms with Gasteiger partial charge in [0.2, 0.25) is 0 Å². The Hall–Kier alpha value is -1.53.